The Morgan fingerprint density at radius 1 is 0.929 bits per heavy atom. The molecule has 0 spiro atoms. The minimum atomic E-state index is 1.07. The molecule has 0 heterocycles. The molecule has 14 heavy (non-hydrogen) atoms. The van der Waals surface area contributed by atoms with Crippen molar-refractivity contribution in [3.05, 3.63) is 0 Å². The van der Waals surface area contributed by atoms with Crippen molar-refractivity contribution in [2.75, 3.05) is 52.9 Å². The van der Waals surface area contributed by atoms with Crippen LogP contribution < -0.4 is 5.32 Å². The highest BCUT2D eigenvalue weighted by molar-refractivity contribution is 4.58. The largest absolute Gasteiger partial charge is 0.316 e. The van der Waals surface area contributed by atoms with Crippen molar-refractivity contribution in [3.8, 4) is 0 Å². The van der Waals surface area contributed by atoms with Gasteiger partial charge in [-0.05, 0) is 26.7 Å². The minimum absolute atomic E-state index is 1.07. The first-order valence-corrected chi connectivity index (χ1v) is 5.86. The van der Waals surface area contributed by atoms with Crippen LogP contribution >= 0.6 is 0 Å². The molecule has 86 valence electrons. The number of hydrogen-bond acceptors (Lipinski definition) is 3. The maximum absolute atomic E-state index is 3.34. The van der Waals surface area contributed by atoms with E-state index < -0.39 is 0 Å². The Kier molecular flexibility index (Phi) is 9.35. The lowest BCUT2D eigenvalue weighted by atomic mass is 10.4. The SMILES string of the molecule is CCNCCN(C)CCN(CC)CC. The molecule has 0 aliphatic rings. The van der Waals surface area contributed by atoms with Crippen LogP contribution in [0.4, 0.5) is 0 Å². The number of likely N-dealkylation sites (N-methyl/N-ethyl adjacent to an activating group) is 3. The first-order chi connectivity index (χ1) is 6.74. The summed E-state index contributed by atoms with van der Waals surface area (Å²) in [5.41, 5.74) is 0. The summed E-state index contributed by atoms with van der Waals surface area (Å²) in [4.78, 5) is 4.85. The third kappa shape index (κ3) is 7.30. The normalized spacial score (nSPS) is 11.6. The Balaban J connectivity index is 3.37. The van der Waals surface area contributed by atoms with Gasteiger partial charge in [-0.2, -0.15) is 0 Å². The summed E-state index contributed by atoms with van der Waals surface area (Å²) >= 11 is 0. The van der Waals surface area contributed by atoms with Crippen molar-refractivity contribution in [1.82, 2.24) is 15.1 Å². The summed E-state index contributed by atoms with van der Waals surface area (Å²) in [7, 11) is 2.20. The predicted molar refractivity (Wildman–Crippen MR) is 63.8 cm³/mol. The molecule has 0 atom stereocenters. The molecule has 0 amide bonds. The van der Waals surface area contributed by atoms with E-state index in [1.807, 2.05) is 0 Å². The topological polar surface area (TPSA) is 18.5 Å². The van der Waals surface area contributed by atoms with Crippen LogP contribution in [0, 0.1) is 0 Å². The van der Waals surface area contributed by atoms with Gasteiger partial charge in [-0.25, -0.2) is 0 Å². The lowest BCUT2D eigenvalue weighted by molar-refractivity contribution is 0.241. The van der Waals surface area contributed by atoms with Crippen molar-refractivity contribution in [1.29, 1.82) is 0 Å². The third-order valence-electron chi connectivity index (χ3n) is 2.61. The van der Waals surface area contributed by atoms with Gasteiger partial charge < -0.3 is 15.1 Å². The van der Waals surface area contributed by atoms with Crippen LogP contribution in [-0.2, 0) is 0 Å². The molecule has 0 saturated carbocycles. The highest BCUT2D eigenvalue weighted by Crippen LogP contribution is 1.88. The van der Waals surface area contributed by atoms with Gasteiger partial charge in [-0.3, -0.25) is 0 Å². The highest BCUT2D eigenvalue weighted by atomic mass is 15.2. The van der Waals surface area contributed by atoms with Gasteiger partial charge in [0.1, 0.15) is 0 Å². The zero-order valence-electron chi connectivity index (χ0n) is 10.3. The molecule has 1 N–H and O–H groups in total. The molecule has 0 aliphatic heterocycles. The Morgan fingerprint density at radius 2 is 1.57 bits per heavy atom. The number of hydrogen-bond donors (Lipinski definition) is 1. The van der Waals surface area contributed by atoms with Crippen LogP contribution in [0.3, 0.4) is 0 Å². The van der Waals surface area contributed by atoms with Crippen LogP contribution in [0.25, 0.3) is 0 Å². The van der Waals surface area contributed by atoms with Crippen LogP contribution in [0.1, 0.15) is 20.8 Å². The molecular weight excluding hydrogens is 174 g/mol. The second-order valence-corrected chi connectivity index (χ2v) is 3.68. The molecule has 0 aliphatic carbocycles. The van der Waals surface area contributed by atoms with Gasteiger partial charge in [-0.15, -0.1) is 0 Å². The molecule has 0 fully saturated rings. The monoisotopic (exact) mass is 201 g/mol. The third-order valence-corrected chi connectivity index (χ3v) is 2.61. The van der Waals surface area contributed by atoms with Crippen LogP contribution in [0.15, 0.2) is 0 Å². The molecular formula is C11H27N3. The van der Waals surface area contributed by atoms with Crippen LogP contribution in [0.5, 0.6) is 0 Å². The van der Waals surface area contributed by atoms with E-state index in [-0.39, 0.29) is 0 Å². The van der Waals surface area contributed by atoms with E-state index in [2.05, 4.69) is 42.9 Å². The average molecular weight is 201 g/mol. The Hall–Kier alpha value is -0.120. The molecule has 0 rings (SSSR count). The summed E-state index contributed by atoms with van der Waals surface area (Å²) < 4.78 is 0. The highest BCUT2D eigenvalue weighted by Gasteiger charge is 2.01. The van der Waals surface area contributed by atoms with E-state index in [1.165, 1.54) is 13.1 Å². The van der Waals surface area contributed by atoms with E-state index in [4.69, 9.17) is 0 Å². The fourth-order valence-electron chi connectivity index (χ4n) is 1.41. The van der Waals surface area contributed by atoms with Crippen molar-refractivity contribution < 1.29 is 0 Å². The fourth-order valence-corrected chi connectivity index (χ4v) is 1.41. The van der Waals surface area contributed by atoms with Gasteiger partial charge in [0.05, 0.1) is 0 Å². The molecule has 0 saturated heterocycles. The second-order valence-electron chi connectivity index (χ2n) is 3.68. The standard InChI is InChI=1S/C11H27N3/c1-5-12-8-9-13(4)10-11-14(6-2)7-3/h12H,5-11H2,1-4H3. The van der Waals surface area contributed by atoms with E-state index >= 15 is 0 Å². The zero-order valence-corrected chi connectivity index (χ0v) is 10.3. The van der Waals surface area contributed by atoms with Crippen LogP contribution in [-0.4, -0.2) is 62.7 Å². The first-order valence-electron chi connectivity index (χ1n) is 5.86. The van der Waals surface area contributed by atoms with Gasteiger partial charge in [-0.1, -0.05) is 20.8 Å². The van der Waals surface area contributed by atoms with Gasteiger partial charge >= 0.3 is 0 Å². The number of rotatable bonds is 9. The van der Waals surface area contributed by atoms with E-state index in [9.17, 15) is 0 Å². The van der Waals surface area contributed by atoms with Gasteiger partial charge in [0.25, 0.3) is 0 Å². The van der Waals surface area contributed by atoms with E-state index in [1.54, 1.807) is 0 Å². The maximum Gasteiger partial charge on any atom is 0.0109 e. The van der Waals surface area contributed by atoms with Gasteiger partial charge in [0.2, 0.25) is 0 Å². The molecule has 3 heteroatoms. The lowest BCUT2D eigenvalue weighted by Gasteiger charge is -2.22. The van der Waals surface area contributed by atoms with Crippen molar-refractivity contribution in [2.24, 2.45) is 0 Å². The van der Waals surface area contributed by atoms with E-state index in [0.717, 1.165) is 32.7 Å². The Labute approximate surface area is 89.5 Å². The predicted octanol–water partition coefficient (Wildman–Crippen LogP) is 0.870. The molecule has 0 radical (unpaired) electrons. The van der Waals surface area contributed by atoms with Crippen molar-refractivity contribution in [2.45, 2.75) is 20.8 Å². The first kappa shape index (κ1) is 13.9. The summed E-state index contributed by atoms with van der Waals surface area (Å²) in [5.74, 6) is 0. The number of nitrogens with one attached hydrogen (secondary N) is 1. The molecule has 0 unspecified atom stereocenters. The van der Waals surface area contributed by atoms with Crippen LogP contribution in [0.2, 0.25) is 0 Å². The average Bonchev–Trinajstić information content (AvgIpc) is 2.20. The summed E-state index contributed by atoms with van der Waals surface area (Å²) in [6.07, 6.45) is 0. The summed E-state index contributed by atoms with van der Waals surface area (Å²) in [6, 6.07) is 0. The van der Waals surface area contributed by atoms with Crippen molar-refractivity contribution in [3.63, 3.8) is 0 Å². The second kappa shape index (κ2) is 9.44. The minimum Gasteiger partial charge on any atom is -0.316 e. The summed E-state index contributed by atoms with van der Waals surface area (Å²) in [6.45, 7) is 14.6. The fraction of sp³-hybridized carbons (Fsp3) is 1.00. The molecule has 0 bridgehead atoms. The molecule has 0 aromatic heterocycles. The maximum atomic E-state index is 3.34. The quantitative estimate of drug-likeness (QED) is 0.559. The lowest BCUT2D eigenvalue weighted by Crippen LogP contribution is -2.36. The molecule has 0 aromatic carbocycles. The zero-order chi connectivity index (χ0) is 10.8. The van der Waals surface area contributed by atoms with Crippen molar-refractivity contribution >= 4 is 0 Å². The van der Waals surface area contributed by atoms with Gasteiger partial charge in [0, 0.05) is 26.2 Å². The molecule has 3 nitrogen and oxygen atoms in total. The Bertz CT molecular complexity index is 113. The van der Waals surface area contributed by atoms with Gasteiger partial charge in [0.15, 0.2) is 0 Å². The molecule has 0 aromatic rings. The number of nitrogens with zero attached hydrogens (tertiary/aromatic N) is 2. The van der Waals surface area contributed by atoms with E-state index in [0.29, 0.717) is 0 Å². The summed E-state index contributed by atoms with van der Waals surface area (Å²) in [5, 5.41) is 3.34. The smallest absolute Gasteiger partial charge is 0.0109 e. The Morgan fingerprint density at radius 3 is 2.07 bits per heavy atom.